The predicted octanol–water partition coefficient (Wildman–Crippen LogP) is 0.804. The highest BCUT2D eigenvalue weighted by Crippen LogP contribution is 2.24. The summed E-state index contributed by atoms with van der Waals surface area (Å²) in [5.41, 5.74) is 7.21. The molecule has 0 bridgehead atoms. The van der Waals surface area contributed by atoms with E-state index in [1.54, 1.807) is 49.4 Å². The van der Waals surface area contributed by atoms with Crippen molar-refractivity contribution >= 4 is 23.5 Å². The highest BCUT2D eigenvalue weighted by molar-refractivity contribution is 6.11. The molecule has 6 N–H and O–H groups in total. The predicted molar refractivity (Wildman–Crippen MR) is 125 cm³/mol. The van der Waals surface area contributed by atoms with E-state index < -0.39 is 5.91 Å². The van der Waals surface area contributed by atoms with E-state index in [9.17, 15) is 19.5 Å². The maximum absolute atomic E-state index is 12.8. The molecular formula is C24H24N6O4. The Kier molecular flexibility index (Phi) is 6.51. The lowest BCUT2D eigenvalue weighted by atomic mass is 9.99. The Bertz CT molecular complexity index is 1240. The number of benzene rings is 2. The van der Waals surface area contributed by atoms with Crippen LogP contribution >= 0.6 is 0 Å². The topological polar surface area (TPSA) is 159 Å². The Morgan fingerprint density at radius 1 is 0.971 bits per heavy atom. The lowest BCUT2D eigenvalue weighted by Crippen LogP contribution is -2.51. The van der Waals surface area contributed by atoms with E-state index in [0.717, 1.165) is 0 Å². The fourth-order valence-corrected chi connectivity index (χ4v) is 3.75. The van der Waals surface area contributed by atoms with Crippen LogP contribution in [-0.4, -0.2) is 57.8 Å². The molecule has 1 unspecified atom stereocenters. The zero-order chi connectivity index (χ0) is 24.2. The molecule has 1 aliphatic rings. The van der Waals surface area contributed by atoms with Gasteiger partial charge >= 0.3 is 0 Å². The summed E-state index contributed by atoms with van der Waals surface area (Å²) in [5.74, 6) is -1.13. The van der Waals surface area contributed by atoms with Gasteiger partial charge in [0.25, 0.3) is 11.8 Å². The molecule has 1 aromatic heterocycles. The van der Waals surface area contributed by atoms with Crippen LogP contribution in [0.3, 0.4) is 0 Å². The van der Waals surface area contributed by atoms with Crippen LogP contribution in [0.2, 0.25) is 0 Å². The number of amides is 2. The molecule has 10 nitrogen and oxygen atoms in total. The van der Waals surface area contributed by atoms with Gasteiger partial charge in [0.1, 0.15) is 11.4 Å². The highest BCUT2D eigenvalue weighted by atomic mass is 16.3. The van der Waals surface area contributed by atoms with Gasteiger partial charge in [-0.15, -0.1) is 0 Å². The van der Waals surface area contributed by atoms with Gasteiger partial charge in [0.15, 0.2) is 5.78 Å². The van der Waals surface area contributed by atoms with Crippen molar-refractivity contribution in [3.63, 3.8) is 0 Å². The van der Waals surface area contributed by atoms with Gasteiger partial charge in [-0.3, -0.25) is 14.4 Å². The van der Waals surface area contributed by atoms with E-state index in [2.05, 4.69) is 25.9 Å². The van der Waals surface area contributed by atoms with E-state index in [1.165, 1.54) is 12.3 Å². The number of ketones is 1. The number of anilines is 1. The van der Waals surface area contributed by atoms with Crippen molar-refractivity contribution in [1.29, 1.82) is 0 Å². The molecule has 2 amide bonds. The molecule has 0 spiro atoms. The molecule has 0 radical (unpaired) electrons. The summed E-state index contributed by atoms with van der Waals surface area (Å²) < 4.78 is 0. The van der Waals surface area contributed by atoms with Crippen molar-refractivity contribution in [3.05, 3.63) is 82.7 Å². The molecular weight excluding hydrogens is 436 g/mol. The normalized spacial score (nSPS) is 17.2. The minimum atomic E-state index is -0.413. The minimum Gasteiger partial charge on any atom is -0.507 e. The zero-order valence-electron chi connectivity index (χ0n) is 18.4. The van der Waals surface area contributed by atoms with Crippen molar-refractivity contribution in [1.82, 2.24) is 25.9 Å². The number of para-hydroxylation sites is 1. The number of aromatic nitrogens is 2. The molecule has 4 rings (SSSR count). The van der Waals surface area contributed by atoms with Gasteiger partial charge in [-0.25, -0.2) is 9.97 Å². The first-order chi connectivity index (χ1) is 16.3. The van der Waals surface area contributed by atoms with Crippen molar-refractivity contribution in [2.75, 3.05) is 18.8 Å². The number of aryl methyl sites for hydroxylation is 1. The molecule has 10 heteroatoms. The number of phenols is 1. The summed E-state index contributed by atoms with van der Waals surface area (Å²) in [6.07, 6.45) is 1.40. The van der Waals surface area contributed by atoms with Crippen LogP contribution in [0.4, 0.5) is 5.95 Å². The fourth-order valence-electron chi connectivity index (χ4n) is 3.75. The van der Waals surface area contributed by atoms with Gasteiger partial charge in [-0.1, -0.05) is 24.3 Å². The van der Waals surface area contributed by atoms with Gasteiger partial charge < -0.3 is 26.8 Å². The van der Waals surface area contributed by atoms with Crippen molar-refractivity contribution < 1.29 is 19.5 Å². The van der Waals surface area contributed by atoms with Gasteiger partial charge in [-0.2, -0.15) is 0 Å². The molecule has 1 saturated heterocycles. The molecule has 3 aromatic rings. The maximum atomic E-state index is 12.8. The number of nitrogens with one attached hydrogen (secondary N) is 3. The third-order valence-electron chi connectivity index (χ3n) is 5.65. The fraction of sp³-hybridized carbons (Fsp3) is 0.208. The van der Waals surface area contributed by atoms with Crippen LogP contribution < -0.4 is 21.7 Å². The Morgan fingerprint density at radius 2 is 1.62 bits per heavy atom. The summed E-state index contributed by atoms with van der Waals surface area (Å²) >= 11 is 0. The largest absolute Gasteiger partial charge is 0.507 e. The second-order valence-electron chi connectivity index (χ2n) is 8.00. The van der Waals surface area contributed by atoms with Crippen LogP contribution in [0, 0.1) is 6.92 Å². The van der Waals surface area contributed by atoms with Crippen LogP contribution in [0.15, 0.2) is 54.7 Å². The minimum absolute atomic E-state index is 0.00147. The van der Waals surface area contributed by atoms with Crippen LogP contribution in [0.1, 0.15) is 42.3 Å². The average molecular weight is 460 g/mol. The van der Waals surface area contributed by atoms with Crippen molar-refractivity contribution in [2.45, 2.75) is 19.0 Å². The summed E-state index contributed by atoms with van der Waals surface area (Å²) in [6.45, 7) is 2.67. The van der Waals surface area contributed by atoms with E-state index in [4.69, 9.17) is 5.73 Å². The van der Waals surface area contributed by atoms with Crippen LogP contribution in [-0.2, 0) is 0 Å². The van der Waals surface area contributed by atoms with E-state index in [1.807, 2.05) is 0 Å². The smallest absolute Gasteiger partial charge is 0.270 e. The number of phenolic OH excluding ortho intramolecular Hbond substituents is 1. The zero-order valence-corrected chi connectivity index (χ0v) is 18.4. The monoisotopic (exact) mass is 460 g/mol. The van der Waals surface area contributed by atoms with Crippen molar-refractivity contribution in [3.8, 4) is 5.75 Å². The van der Waals surface area contributed by atoms with Crippen LogP contribution in [0.25, 0.3) is 0 Å². The summed E-state index contributed by atoms with van der Waals surface area (Å²) in [7, 11) is 0. The summed E-state index contributed by atoms with van der Waals surface area (Å²) in [6, 6.07) is 11.9. The summed E-state index contributed by atoms with van der Waals surface area (Å²) in [4.78, 5) is 45.7. The first kappa shape index (κ1) is 22.9. The quantitative estimate of drug-likeness (QED) is 0.338. The SMILES string of the molecule is Cc1cccc(C(=O)c2ccc(C(=O)NC3CNC[C@H]3NC(=O)c3ccnc(N)n3)cc2)c1O. The number of hydrogen-bond acceptors (Lipinski definition) is 8. The number of hydrogen-bond donors (Lipinski definition) is 5. The molecule has 0 saturated carbocycles. The molecule has 2 atom stereocenters. The number of carbonyl (C=O) groups excluding carboxylic acids is 3. The van der Waals surface area contributed by atoms with E-state index in [0.29, 0.717) is 29.8 Å². The van der Waals surface area contributed by atoms with Crippen LogP contribution in [0.5, 0.6) is 5.75 Å². The van der Waals surface area contributed by atoms with E-state index in [-0.39, 0.29) is 46.7 Å². The molecule has 2 aromatic carbocycles. The number of nitrogens with two attached hydrogens (primary N) is 1. The maximum Gasteiger partial charge on any atom is 0.270 e. The number of carbonyl (C=O) groups is 3. The molecule has 0 aliphatic carbocycles. The number of aromatic hydroxyl groups is 1. The van der Waals surface area contributed by atoms with Gasteiger partial charge in [0.2, 0.25) is 5.95 Å². The van der Waals surface area contributed by atoms with Gasteiger partial charge in [0.05, 0.1) is 17.6 Å². The lowest BCUT2D eigenvalue weighted by Gasteiger charge is -2.21. The molecule has 1 aliphatic heterocycles. The van der Waals surface area contributed by atoms with E-state index >= 15 is 0 Å². The first-order valence-electron chi connectivity index (χ1n) is 10.7. The lowest BCUT2D eigenvalue weighted by molar-refractivity contribution is 0.0894. The number of rotatable bonds is 6. The number of nitrogen functional groups attached to an aromatic ring is 1. The molecule has 2 heterocycles. The second-order valence-corrected chi connectivity index (χ2v) is 8.00. The average Bonchev–Trinajstić information content (AvgIpc) is 3.26. The Labute approximate surface area is 195 Å². The first-order valence-corrected chi connectivity index (χ1v) is 10.7. The van der Waals surface area contributed by atoms with Gasteiger partial charge in [-0.05, 0) is 36.8 Å². The van der Waals surface area contributed by atoms with Crippen molar-refractivity contribution in [2.24, 2.45) is 0 Å². The molecule has 1 fully saturated rings. The molecule has 174 valence electrons. The molecule has 34 heavy (non-hydrogen) atoms. The highest BCUT2D eigenvalue weighted by Gasteiger charge is 2.30. The number of nitrogens with zero attached hydrogens (tertiary/aromatic N) is 2. The summed E-state index contributed by atoms with van der Waals surface area (Å²) in [5, 5.41) is 19.1. The third-order valence-corrected chi connectivity index (χ3v) is 5.65. The standard InChI is InChI=1S/C24H24N6O4/c1-13-3-2-4-16(20(13)31)21(32)14-5-7-15(8-6-14)22(33)28-18-11-26-12-19(18)29-23(34)17-9-10-27-24(25)30-17/h2-10,18-19,26,31H,11-12H2,1H3,(H,28,33)(H,29,34)(H2,25,27,30)/t18?,19-/m1/s1. The Balaban J connectivity index is 1.40. The van der Waals surface area contributed by atoms with Gasteiger partial charge in [0, 0.05) is 30.4 Å². The Hall–Kier alpha value is -4.31. The second kappa shape index (κ2) is 9.67. The Morgan fingerprint density at radius 3 is 2.29 bits per heavy atom. The third kappa shape index (κ3) is 4.86.